The van der Waals surface area contributed by atoms with E-state index in [0.29, 0.717) is 18.7 Å². The molecule has 27 heavy (non-hydrogen) atoms. The van der Waals surface area contributed by atoms with Gasteiger partial charge < -0.3 is 5.32 Å². The maximum Gasteiger partial charge on any atom is 0.251 e. The first-order valence-corrected chi connectivity index (χ1v) is 10.8. The van der Waals surface area contributed by atoms with E-state index in [-0.39, 0.29) is 22.8 Å². The molecule has 8 heteroatoms. The van der Waals surface area contributed by atoms with E-state index in [1.807, 2.05) is 23.9 Å². The second kappa shape index (κ2) is 8.67. The molecule has 1 aromatic heterocycles. The molecule has 1 saturated carbocycles. The van der Waals surface area contributed by atoms with Crippen LogP contribution in [0.3, 0.4) is 0 Å². The highest BCUT2D eigenvalue weighted by Crippen LogP contribution is 2.20. The van der Waals surface area contributed by atoms with Gasteiger partial charge in [-0.3, -0.25) is 9.48 Å². The zero-order valence-corrected chi connectivity index (χ0v) is 16.3. The molecule has 2 aromatic rings. The molecule has 1 atom stereocenters. The molecule has 1 unspecified atom stereocenters. The van der Waals surface area contributed by atoms with Crippen molar-refractivity contribution >= 4 is 15.9 Å². The summed E-state index contributed by atoms with van der Waals surface area (Å²) in [7, 11) is -3.61. The first-order valence-electron chi connectivity index (χ1n) is 9.32. The molecule has 0 saturated heterocycles. The summed E-state index contributed by atoms with van der Waals surface area (Å²) in [5.74, 6) is -0.0787. The smallest absolute Gasteiger partial charge is 0.251 e. The molecule has 1 aliphatic rings. The van der Waals surface area contributed by atoms with E-state index in [9.17, 15) is 13.2 Å². The van der Waals surface area contributed by atoms with Crippen LogP contribution in [-0.2, 0) is 16.6 Å². The number of benzene rings is 1. The molecular weight excluding hydrogens is 364 g/mol. The highest BCUT2D eigenvalue weighted by Gasteiger charge is 2.23. The Morgan fingerprint density at radius 1 is 1.30 bits per heavy atom. The second-order valence-electron chi connectivity index (χ2n) is 7.17. The van der Waals surface area contributed by atoms with Crippen LogP contribution in [0.15, 0.2) is 47.6 Å². The SMILES string of the molecule is CC(CNC(=O)c1cccc(S(=O)(=O)NC2CCCC2)c1)Cn1cccn1. The van der Waals surface area contributed by atoms with Crippen LogP contribution in [0.1, 0.15) is 43.0 Å². The second-order valence-corrected chi connectivity index (χ2v) is 8.89. The fourth-order valence-corrected chi connectivity index (χ4v) is 4.65. The summed E-state index contributed by atoms with van der Waals surface area (Å²) in [6, 6.07) is 8.04. The van der Waals surface area contributed by atoms with Crippen molar-refractivity contribution in [1.82, 2.24) is 19.8 Å². The predicted octanol–water partition coefficient (Wildman–Crippen LogP) is 2.17. The molecule has 7 nitrogen and oxygen atoms in total. The summed E-state index contributed by atoms with van der Waals surface area (Å²) < 4.78 is 29.7. The maximum absolute atomic E-state index is 12.6. The average molecular weight is 391 g/mol. The third-order valence-corrected chi connectivity index (χ3v) is 6.27. The summed E-state index contributed by atoms with van der Waals surface area (Å²) >= 11 is 0. The standard InChI is InChI=1S/C19H26N4O3S/c1-15(14-23-11-5-10-21-23)13-20-19(24)16-6-4-9-18(12-16)27(25,26)22-17-7-2-3-8-17/h4-6,9-12,15,17,22H,2-3,7-8,13-14H2,1H3,(H,20,24). The highest BCUT2D eigenvalue weighted by molar-refractivity contribution is 7.89. The van der Waals surface area contributed by atoms with E-state index in [1.54, 1.807) is 18.3 Å². The molecule has 0 bridgehead atoms. The third kappa shape index (κ3) is 5.40. The minimum atomic E-state index is -3.61. The van der Waals surface area contributed by atoms with Crippen LogP contribution >= 0.6 is 0 Å². The highest BCUT2D eigenvalue weighted by atomic mass is 32.2. The van der Waals surface area contributed by atoms with E-state index in [2.05, 4.69) is 15.1 Å². The normalized spacial score (nSPS) is 16.3. The lowest BCUT2D eigenvalue weighted by atomic mass is 10.1. The molecule has 0 spiro atoms. The summed E-state index contributed by atoms with van der Waals surface area (Å²) in [5.41, 5.74) is 0.343. The van der Waals surface area contributed by atoms with Gasteiger partial charge in [0.1, 0.15) is 0 Å². The van der Waals surface area contributed by atoms with Crippen LogP contribution in [0.4, 0.5) is 0 Å². The number of hydrogen-bond acceptors (Lipinski definition) is 4. The van der Waals surface area contributed by atoms with Crippen molar-refractivity contribution < 1.29 is 13.2 Å². The van der Waals surface area contributed by atoms with Crippen molar-refractivity contribution in [1.29, 1.82) is 0 Å². The Morgan fingerprint density at radius 3 is 2.78 bits per heavy atom. The maximum atomic E-state index is 12.6. The number of amides is 1. The van der Waals surface area contributed by atoms with Gasteiger partial charge in [0, 0.05) is 37.1 Å². The monoisotopic (exact) mass is 390 g/mol. The van der Waals surface area contributed by atoms with Gasteiger partial charge in [0.15, 0.2) is 0 Å². The lowest BCUT2D eigenvalue weighted by molar-refractivity contribution is 0.0946. The van der Waals surface area contributed by atoms with E-state index >= 15 is 0 Å². The molecule has 146 valence electrons. The minimum Gasteiger partial charge on any atom is -0.352 e. The molecule has 1 amide bonds. The van der Waals surface area contributed by atoms with Crippen molar-refractivity contribution in [2.75, 3.05) is 6.54 Å². The Labute approximate surface area is 160 Å². The number of aromatic nitrogens is 2. The van der Waals surface area contributed by atoms with Gasteiger partial charge >= 0.3 is 0 Å². The predicted molar refractivity (Wildman–Crippen MR) is 103 cm³/mol. The zero-order valence-electron chi connectivity index (χ0n) is 15.5. The number of carbonyl (C=O) groups excluding carboxylic acids is 1. The number of hydrogen-bond donors (Lipinski definition) is 2. The van der Waals surface area contributed by atoms with Gasteiger partial charge in [-0.05, 0) is 43.0 Å². The van der Waals surface area contributed by atoms with Crippen molar-refractivity contribution in [3.05, 3.63) is 48.3 Å². The summed E-state index contributed by atoms with van der Waals surface area (Å²) in [6.45, 7) is 3.21. The largest absolute Gasteiger partial charge is 0.352 e. The van der Waals surface area contributed by atoms with Crippen molar-refractivity contribution in [2.24, 2.45) is 5.92 Å². The van der Waals surface area contributed by atoms with E-state index in [0.717, 1.165) is 25.7 Å². The number of nitrogens with zero attached hydrogens (tertiary/aromatic N) is 2. The van der Waals surface area contributed by atoms with Crippen molar-refractivity contribution in [2.45, 2.75) is 50.1 Å². The number of sulfonamides is 1. The summed E-state index contributed by atoms with van der Waals surface area (Å²) in [5, 5.41) is 7.02. The Morgan fingerprint density at radius 2 is 2.07 bits per heavy atom. The van der Waals surface area contributed by atoms with Gasteiger partial charge in [-0.15, -0.1) is 0 Å². The molecule has 3 rings (SSSR count). The first-order chi connectivity index (χ1) is 12.9. The molecule has 1 fully saturated rings. The number of nitrogens with one attached hydrogen (secondary N) is 2. The molecule has 1 aromatic carbocycles. The molecule has 2 N–H and O–H groups in total. The minimum absolute atomic E-state index is 0.00405. The van der Waals surface area contributed by atoms with Crippen molar-refractivity contribution in [3.63, 3.8) is 0 Å². The summed E-state index contributed by atoms with van der Waals surface area (Å²) in [6.07, 6.45) is 7.43. The Balaban J connectivity index is 1.59. The quantitative estimate of drug-likeness (QED) is 0.722. The Hall–Kier alpha value is -2.19. The molecule has 0 radical (unpaired) electrons. The van der Waals surface area contributed by atoms with Crippen LogP contribution in [-0.4, -0.2) is 36.7 Å². The lowest BCUT2D eigenvalue weighted by Gasteiger charge is -2.14. The van der Waals surface area contributed by atoms with Crippen LogP contribution in [0.5, 0.6) is 0 Å². The number of carbonyl (C=O) groups is 1. The average Bonchev–Trinajstić information content (AvgIpc) is 3.33. The Kier molecular flexibility index (Phi) is 6.28. The Bertz CT molecular complexity index is 859. The number of rotatable bonds is 8. The van der Waals surface area contributed by atoms with Crippen LogP contribution in [0, 0.1) is 5.92 Å². The molecule has 0 aliphatic heterocycles. The molecular formula is C19H26N4O3S. The van der Waals surface area contributed by atoms with Gasteiger partial charge in [-0.25, -0.2) is 13.1 Å². The third-order valence-electron chi connectivity index (χ3n) is 4.75. The van der Waals surface area contributed by atoms with E-state index < -0.39 is 10.0 Å². The topological polar surface area (TPSA) is 93.1 Å². The first kappa shape index (κ1) is 19.6. The van der Waals surface area contributed by atoms with E-state index in [4.69, 9.17) is 0 Å². The van der Waals surface area contributed by atoms with Crippen LogP contribution in [0.25, 0.3) is 0 Å². The zero-order chi connectivity index (χ0) is 19.3. The van der Waals surface area contributed by atoms with Gasteiger partial charge in [-0.1, -0.05) is 25.8 Å². The lowest BCUT2D eigenvalue weighted by Crippen LogP contribution is -2.33. The fourth-order valence-electron chi connectivity index (χ4n) is 3.30. The van der Waals surface area contributed by atoms with Crippen molar-refractivity contribution in [3.8, 4) is 0 Å². The molecule has 1 aliphatic carbocycles. The van der Waals surface area contributed by atoms with E-state index in [1.165, 1.54) is 12.1 Å². The van der Waals surface area contributed by atoms with Gasteiger partial charge in [0.05, 0.1) is 4.90 Å². The van der Waals surface area contributed by atoms with Gasteiger partial charge in [0.25, 0.3) is 5.91 Å². The van der Waals surface area contributed by atoms with Gasteiger partial charge in [-0.2, -0.15) is 5.10 Å². The molecule has 1 heterocycles. The summed E-state index contributed by atoms with van der Waals surface area (Å²) in [4.78, 5) is 12.6. The van der Waals surface area contributed by atoms with Crippen LogP contribution in [0.2, 0.25) is 0 Å². The van der Waals surface area contributed by atoms with Crippen LogP contribution < -0.4 is 10.0 Å². The fraction of sp³-hybridized carbons (Fsp3) is 0.474. The van der Waals surface area contributed by atoms with Gasteiger partial charge in [0.2, 0.25) is 10.0 Å².